The third-order valence-corrected chi connectivity index (χ3v) is 3.70. The number of aromatic amines is 1. The second-order valence-corrected chi connectivity index (χ2v) is 5.49. The van der Waals surface area contributed by atoms with Gasteiger partial charge in [0.15, 0.2) is 0 Å². The second-order valence-electron chi connectivity index (χ2n) is 4.93. The number of amides is 1. The SMILES string of the molecule is CC(C)C(=O)N(C)c1nc2ccc(CBr)cc2c(=O)[nH]1. The number of rotatable bonds is 3. The van der Waals surface area contributed by atoms with Crippen molar-refractivity contribution >= 4 is 38.7 Å². The van der Waals surface area contributed by atoms with Gasteiger partial charge in [0.25, 0.3) is 5.56 Å². The van der Waals surface area contributed by atoms with Crippen LogP contribution in [-0.2, 0) is 10.1 Å². The largest absolute Gasteiger partial charge is 0.292 e. The molecule has 0 aliphatic carbocycles. The lowest BCUT2D eigenvalue weighted by atomic mass is 10.2. The Morgan fingerprint density at radius 3 is 2.75 bits per heavy atom. The Bertz CT molecular complexity index is 709. The zero-order valence-corrected chi connectivity index (χ0v) is 13.2. The maximum Gasteiger partial charge on any atom is 0.260 e. The number of carbonyl (C=O) groups is 1. The van der Waals surface area contributed by atoms with Gasteiger partial charge < -0.3 is 0 Å². The van der Waals surface area contributed by atoms with Gasteiger partial charge in [-0.25, -0.2) is 4.98 Å². The molecule has 1 aromatic heterocycles. The van der Waals surface area contributed by atoms with Gasteiger partial charge in [-0.3, -0.25) is 19.5 Å². The Morgan fingerprint density at radius 2 is 2.15 bits per heavy atom. The minimum atomic E-state index is -0.240. The molecule has 0 radical (unpaired) electrons. The number of benzene rings is 1. The molecule has 0 aliphatic rings. The van der Waals surface area contributed by atoms with Crippen LogP contribution >= 0.6 is 15.9 Å². The third-order valence-electron chi connectivity index (χ3n) is 3.05. The molecule has 2 rings (SSSR count). The highest BCUT2D eigenvalue weighted by Gasteiger charge is 2.17. The van der Waals surface area contributed by atoms with E-state index < -0.39 is 0 Å². The third kappa shape index (κ3) is 2.75. The van der Waals surface area contributed by atoms with Crippen LogP contribution in [0.2, 0.25) is 0 Å². The molecule has 0 spiro atoms. The van der Waals surface area contributed by atoms with Crippen LogP contribution in [0.3, 0.4) is 0 Å². The molecule has 2 aromatic rings. The molecule has 5 nitrogen and oxygen atoms in total. The highest BCUT2D eigenvalue weighted by molar-refractivity contribution is 9.08. The van der Waals surface area contributed by atoms with Gasteiger partial charge in [0.2, 0.25) is 11.9 Å². The number of alkyl halides is 1. The molecule has 0 aliphatic heterocycles. The summed E-state index contributed by atoms with van der Waals surface area (Å²) < 4.78 is 0. The van der Waals surface area contributed by atoms with Crippen LogP contribution in [0.4, 0.5) is 5.95 Å². The van der Waals surface area contributed by atoms with Crippen LogP contribution in [-0.4, -0.2) is 22.9 Å². The number of aromatic nitrogens is 2. The van der Waals surface area contributed by atoms with Crippen LogP contribution < -0.4 is 10.5 Å². The maximum absolute atomic E-state index is 12.1. The summed E-state index contributed by atoms with van der Waals surface area (Å²) >= 11 is 3.35. The lowest BCUT2D eigenvalue weighted by Crippen LogP contribution is -2.33. The average Bonchev–Trinajstić information content (AvgIpc) is 2.45. The van der Waals surface area contributed by atoms with Crippen molar-refractivity contribution < 1.29 is 4.79 Å². The Balaban J connectivity index is 2.53. The highest BCUT2D eigenvalue weighted by atomic mass is 79.9. The number of nitrogens with zero attached hydrogens (tertiary/aromatic N) is 2. The van der Waals surface area contributed by atoms with Gasteiger partial charge in [0, 0.05) is 18.3 Å². The molecule has 106 valence electrons. The number of H-pyrrole nitrogens is 1. The van der Waals surface area contributed by atoms with Gasteiger partial charge in [0.1, 0.15) is 0 Å². The topological polar surface area (TPSA) is 66.1 Å². The van der Waals surface area contributed by atoms with Crippen LogP contribution in [0.25, 0.3) is 10.9 Å². The lowest BCUT2D eigenvalue weighted by molar-refractivity contribution is -0.121. The molecule has 1 N–H and O–H groups in total. The van der Waals surface area contributed by atoms with Crippen molar-refractivity contribution in [1.29, 1.82) is 0 Å². The Labute approximate surface area is 125 Å². The fraction of sp³-hybridized carbons (Fsp3) is 0.357. The van der Waals surface area contributed by atoms with E-state index in [2.05, 4.69) is 25.9 Å². The predicted molar refractivity (Wildman–Crippen MR) is 83.2 cm³/mol. The average molecular weight is 338 g/mol. The van der Waals surface area contributed by atoms with Gasteiger partial charge in [0.05, 0.1) is 10.9 Å². The fourth-order valence-electron chi connectivity index (χ4n) is 1.91. The summed E-state index contributed by atoms with van der Waals surface area (Å²) in [5, 5.41) is 1.20. The molecule has 1 amide bonds. The molecule has 0 bridgehead atoms. The van der Waals surface area contributed by atoms with Crippen molar-refractivity contribution in [2.24, 2.45) is 5.92 Å². The first kappa shape index (κ1) is 14.7. The standard InChI is InChI=1S/C14H16BrN3O2/c1-8(2)13(20)18(3)14-16-11-5-4-9(7-15)6-10(11)12(19)17-14/h4-6,8H,7H2,1-3H3,(H,16,17,19). The molecule has 0 atom stereocenters. The van der Waals surface area contributed by atoms with Crippen molar-refractivity contribution in [2.45, 2.75) is 19.2 Å². The fourth-order valence-corrected chi connectivity index (χ4v) is 2.26. The van der Waals surface area contributed by atoms with Gasteiger partial charge in [-0.2, -0.15) is 0 Å². The van der Waals surface area contributed by atoms with E-state index in [1.165, 1.54) is 4.90 Å². The van der Waals surface area contributed by atoms with Gasteiger partial charge >= 0.3 is 0 Å². The summed E-state index contributed by atoms with van der Waals surface area (Å²) in [5.74, 6) is 0.0224. The number of fused-ring (bicyclic) bond motifs is 1. The smallest absolute Gasteiger partial charge is 0.260 e. The molecular weight excluding hydrogens is 322 g/mol. The molecule has 6 heteroatoms. The van der Waals surface area contributed by atoms with E-state index in [1.54, 1.807) is 33.0 Å². The van der Waals surface area contributed by atoms with E-state index >= 15 is 0 Å². The van der Waals surface area contributed by atoms with E-state index in [4.69, 9.17) is 0 Å². The van der Waals surface area contributed by atoms with Crippen LogP contribution in [0.1, 0.15) is 19.4 Å². The van der Waals surface area contributed by atoms with Gasteiger partial charge in [-0.15, -0.1) is 0 Å². The number of carbonyl (C=O) groups excluding carboxylic acids is 1. The molecule has 1 aromatic carbocycles. The predicted octanol–water partition coefficient (Wildman–Crippen LogP) is 2.44. The van der Waals surface area contributed by atoms with E-state index in [0.717, 1.165) is 5.56 Å². The number of hydrogen-bond acceptors (Lipinski definition) is 3. The number of nitrogens with one attached hydrogen (secondary N) is 1. The first-order valence-electron chi connectivity index (χ1n) is 6.30. The molecule has 1 heterocycles. The molecule has 0 unspecified atom stereocenters. The molecule has 0 saturated heterocycles. The quantitative estimate of drug-likeness (QED) is 0.874. The van der Waals surface area contributed by atoms with Crippen LogP contribution in [0.15, 0.2) is 23.0 Å². The van der Waals surface area contributed by atoms with Crippen molar-refractivity contribution in [1.82, 2.24) is 9.97 Å². The Kier molecular flexibility index (Phi) is 4.23. The number of hydrogen-bond donors (Lipinski definition) is 1. The van der Waals surface area contributed by atoms with Gasteiger partial charge in [-0.05, 0) is 17.7 Å². The van der Waals surface area contributed by atoms with E-state index in [0.29, 0.717) is 16.2 Å². The van der Waals surface area contributed by atoms with Crippen molar-refractivity contribution in [3.63, 3.8) is 0 Å². The second kappa shape index (κ2) is 5.75. The van der Waals surface area contributed by atoms with Crippen molar-refractivity contribution in [2.75, 3.05) is 11.9 Å². The normalized spacial score (nSPS) is 11.1. The van der Waals surface area contributed by atoms with Crippen molar-refractivity contribution in [3.8, 4) is 0 Å². The van der Waals surface area contributed by atoms with E-state index in [-0.39, 0.29) is 23.3 Å². The summed E-state index contributed by atoms with van der Waals surface area (Å²) in [6.07, 6.45) is 0. The van der Waals surface area contributed by atoms with Crippen LogP contribution in [0, 0.1) is 5.92 Å². The van der Waals surface area contributed by atoms with E-state index in [1.807, 2.05) is 6.07 Å². The molecule has 0 fully saturated rings. The summed E-state index contributed by atoms with van der Waals surface area (Å²) in [5.41, 5.74) is 1.34. The molecular formula is C14H16BrN3O2. The Morgan fingerprint density at radius 1 is 1.45 bits per heavy atom. The summed E-state index contributed by atoms with van der Waals surface area (Å²) in [6, 6.07) is 5.49. The van der Waals surface area contributed by atoms with Crippen molar-refractivity contribution in [3.05, 3.63) is 34.1 Å². The summed E-state index contributed by atoms with van der Waals surface area (Å²) in [7, 11) is 1.61. The number of halogens is 1. The minimum absolute atomic E-state index is 0.0930. The first-order valence-corrected chi connectivity index (χ1v) is 7.42. The first-order chi connectivity index (χ1) is 9.43. The maximum atomic E-state index is 12.1. The summed E-state index contributed by atoms with van der Waals surface area (Å²) in [4.78, 5) is 32.5. The Hall–Kier alpha value is -1.69. The van der Waals surface area contributed by atoms with Crippen LogP contribution in [0.5, 0.6) is 0 Å². The number of anilines is 1. The zero-order chi connectivity index (χ0) is 14.9. The zero-order valence-electron chi connectivity index (χ0n) is 11.6. The summed E-state index contributed by atoms with van der Waals surface area (Å²) in [6.45, 7) is 3.61. The molecule has 0 saturated carbocycles. The lowest BCUT2D eigenvalue weighted by Gasteiger charge is -2.18. The minimum Gasteiger partial charge on any atom is -0.292 e. The van der Waals surface area contributed by atoms with E-state index in [9.17, 15) is 9.59 Å². The monoisotopic (exact) mass is 337 g/mol. The van der Waals surface area contributed by atoms with Gasteiger partial charge in [-0.1, -0.05) is 35.8 Å². The molecule has 20 heavy (non-hydrogen) atoms. The highest BCUT2D eigenvalue weighted by Crippen LogP contribution is 2.16.